The van der Waals surface area contributed by atoms with Crippen molar-refractivity contribution in [3.8, 4) is 11.3 Å². The smallest absolute Gasteiger partial charge is 0.337 e. The van der Waals surface area contributed by atoms with Gasteiger partial charge in [-0.3, -0.25) is 4.68 Å². The fraction of sp³-hybridized carbons (Fsp3) is 0.143. The lowest BCUT2D eigenvalue weighted by Crippen LogP contribution is -1.98. The van der Waals surface area contributed by atoms with Gasteiger partial charge < -0.3 is 14.6 Å². The van der Waals surface area contributed by atoms with Gasteiger partial charge in [0.1, 0.15) is 0 Å². The molecule has 102 valence electrons. The number of rotatable bonds is 3. The molecule has 0 aliphatic carbocycles. The zero-order chi connectivity index (χ0) is 14.3. The number of aliphatic hydroxyl groups is 1. The molecule has 0 saturated heterocycles. The number of hydrogen-bond acceptors (Lipinski definition) is 3. The maximum absolute atomic E-state index is 11.4. The molecular formula is C14H13N3O3. The van der Waals surface area contributed by atoms with Crippen molar-refractivity contribution in [1.82, 2.24) is 14.2 Å². The molecule has 0 bridgehead atoms. The van der Waals surface area contributed by atoms with E-state index < -0.39 is 5.97 Å². The maximum Gasteiger partial charge on any atom is 0.337 e. The fourth-order valence-electron chi connectivity index (χ4n) is 2.32. The number of carboxylic acids is 1. The lowest BCUT2D eigenvalue weighted by molar-refractivity contribution is 0.0698. The molecule has 0 saturated carbocycles. The van der Waals surface area contributed by atoms with Crippen LogP contribution in [0.2, 0.25) is 0 Å². The first-order valence-corrected chi connectivity index (χ1v) is 6.07. The lowest BCUT2D eigenvalue weighted by atomic mass is 10.1. The number of aliphatic hydroxyl groups excluding tert-OH is 1. The quantitative estimate of drug-likeness (QED) is 0.757. The second-order valence-electron chi connectivity index (χ2n) is 4.60. The number of pyridine rings is 1. The molecular weight excluding hydrogens is 258 g/mol. The van der Waals surface area contributed by atoms with Crippen molar-refractivity contribution < 1.29 is 15.0 Å². The molecule has 2 N–H and O–H groups in total. The van der Waals surface area contributed by atoms with E-state index in [0.29, 0.717) is 5.69 Å². The molecule has 3 rings (SSSR count). The van der Waals surface area contributed by atoms with E-state index >= 15 is 0 Å². The van der Waals surface area contributed by atoms with Crippen molar-refractivity contribution in [2.75, 3.05) is 0 Å². The molecule has 0 spiro atoms. The minimum atomic E-state index is -0.988. The van der Waals surface area contributed by atoms with Gasteiger partial charge in [-0.15, -0.1) is 0 Å². The molecule has 3 heterocycles. The van der Waals surface area contributed by atoms with Crippen LogP contribution in [0.5, 0.6) is 0 Å². The fourth-order valence-corrected chi connectivity index (χ4v) is 2.32. The van der Waals surface area contributed by atoms with Crippen molar-refractivity contribution in [3.63, 3.8) is 0 Å². The predicted octanol–water partition coefficient (Wildman–Crippen LogP) is 1.53. The highest BCUT2D eigenvalue weighted by molar-refractivity contribution is 5.97. The normalized spacial score (nSPS) is 11.1. The molecule has 0 aliphatic heterocycles. The van der Waals surface area contributed by atoms with E-state index in [0.717, 1.165) is 16.6 Å². The molecule has 0 radical (unpaired) electrons. The van der Waals surface area contributed by atoms with Crippen LogP contribution in [0.3, 0.4) is 0 Å². The highest BCUT2D eigenvalue weighted by atomic mass is 16.4. The topological polar surface area (TPSA) is 79.8 Å². The average molecular weight is 271 g/mol. The van der Waals surface area contributed by atoms with Gasteiger partial charge in [-0.1, -0.05) is 0 Å². The van der Waals surface area contributed by atoms with Crippen molar-refractivity contribution in [2.24, 2.45) is 7.05 Å². The van der Waals surface area contributed by atoms with Crippen molar-refractivity contribution in [1.29, 1.82) is 0 Å². The predicted molar refractivity (Wildman–Crippen MR) is 72.5 cm³/mol. The van der Waals surface area contributed by atoms with E-state index in [1.807, 2.05) is 0 Å². The number of fused-ring (bicyclic) bond motifs is 1. The van der Waals surface area contributed by atoms with Gasteiger partial charge in [0.15, 0.2) is 0 Å². The number of aromatic nitrogens is 3. The Morgan fingerprint density at radius 3 is 2.80 bits per heavy atom. The Bertz CT molecular complexity index is 801. The third-order valence-electron chi connectivity index (χ3n) is 3.23. The summed E-state index contributed by atoms with van der Waals surface area (Å²) < 4.78 is 3.42. The molecule has 6 heteroatoms. The zero-order valence-electron chi connectivity index (χ0n) is 10.8. The molecule has 0 aromatic carbocycles. The number of aryl methyl sites for hydroxylation is 1. The van der Waals surface area contributed by atoms with E-state index in [1.165, 1.54) is 0 Å². The maximum atomic E-state index is 11.4. The van der Waals surface area contributed by atoms with Crippen LogP contribution in [0.1, 0.15) is 15.9 Å². The van der Waals surface area contributed by atoms with Gasteiger partial charge in [-0.2, -0.15) is 5.10 Å². The van der Waals surface area contributed by atoms with Crippen molar-refractivity contribution in [3.05, 3.63) is 47.9 Å². The van der Waals surface area contributed by atoms with Crippen LogP contribution in [-0.2, 0) is 13.7 Å². The molecule has 20 heavy (non-hydrogen) atoms. The number of aromatic carboxylic acids is 1. The SMILES string of the molecule is Cn1cc(-c2c(C(=O)O)cc3cc(CO)ccn23)cn1. The Morgan fingerprint density at radius 2 is 2.20 bits per heavy atom. The van der Waals surface area contributed by atoms with Crippen LogP contribution in [0, 0.1) is 0 Å². The van der Waals surface area contributed by atoms with Crippen molar-refractivity contribution >= 4 is 11.5 Å². The third kappa shape index (κ3) is 1.86. The van der Waals surface area contributed by atoms with Crippen LogP contribution in [0.15, 0.2) is 36.8 Å². The first-order chi connectivity index (χ1) is 9.60. The van der Waals surface area contributed by atoms with Crippen LogP contribution >= 0.6 is 0 Å². The highest BCUT2D eigenvalue weighted by Crippen LogP contribution is 2.28. The van der Waals surface area contributed by atoms with E-state index in [-0.39, 0.29) is 12.2 Å². The second-order valence-corrected chi connectivity index (χ2v) is 4.60. The number of carbonyl (C=O) groups is 1. The second kappa shape index (κ2) is 4.50. The Balaban J connectivity index is 2.32. The molecule has 3 aromatic rings. The molecule has 0 fully saturated rings. The molecule has 3 aromatic heterocycles. The number of hydrogen-bond donors (Lipinski definition) is 2. The minimum absolute atomic E-state index is 0.0771. The molecule has 0 atom stereocenters. The molecule has 0 aliphatic rings. The third-order valence-corrected chi connectivity index (χ3v) is 3.23. The minimum Gasteiger partial charge on any atom is -0.478 e. The summed E-state index contributed by atoms with van der Waals surface area (Å²) in [5.41, 5.74) is 3.01. The summed E-state index contributed by atoms with van der Waals surface area (Å²) >= 11 is 0. The Labute approximate surface area is 114 Å². The zero-order valence-corrected chi connectivity index (χ0v) is 10.8. The van der Waals surface area contributed by atoms with Gasteiger partial charge in [0.25, 0.3) is 0 Å². The number of nitrogens with zero attached hydrogens (tertiary/aromatic N) is 3. The Hall–Kier alpha value is -2.60. The molecule has 0 unspecified atom stereocenters. The summed E-state index contributed by atoms with van der Waals surface area (Å²) in [6.07, 6.45) is 5.16. The van der Waals surface area contributed by atoms with Crippen molar-refractivity contribution in [2.45, 2.75) is 6.61 Å². The van der Waals surface area contributed by atoms with E-state index in [9.17, 15) is 9.90 Å². The van der Waals surface area contributed by atoms with Crippen LogP contribution in [0.4, 0.5) is 0 Å². The summed E-state index contributed by atoms with van der Waals surface area (Å²) in [4.78, 5) is 11.4. The average Bonchev–Trinajstić information content (AvgIpc) is 3.00. The van der Waals surface area contributed by atoms with E-state index in [2.05, 4.69) is 5.10 Å². The monoisotopic (exact) mass is 271 g/mol. The highest BCUT2D eigenvalue weighted by Gasteiger charge is 2.18. The van der Waals surface area contributed by atoms with E-state index in [4.69, 9.17) is 5.11 Å². The van der Waals surface area contributed by atoms with Gasteiger partial charge in [-0.05, 0) is 23.8 Å². The van der Waals surface area contributed by atoms with Gasteiger partial charge in [0.2, 0.25) is 0 Å². The van der Waals surface area contributed by atoms with Crippen LogP contribution in [0.25, 0.3) is 16.8 Å². The Kier molecular flexibility index (Phi) is 2.80. The van der Waals surface area contributed by atoms with E-state index in [1.54, 1.807) is 52.9 Å². The largest absolute Gasteiger partial charge is 0.478 e. The van der Waals surface area contributed by atoms with Gasteiger partial charge in [0, 0.05) is 30.5 Å². The van der Waals surface area contributed by atoms with Crippen LogP contribution in [-0.4, -0.2) is 30.4 Å². The first kappa shape index (κ1) is 12.4. The lowest BCUT2D eigenvalue weighted by Gasteiger charge is -2.03. The summed E-state index contributed by atoms with van der Waals surface area (Å²) in [5.74, 6) is -0.988. The van der Waals surface area contributed by atoms with Gasteiger partial charge in [0.05, 0.1) is 24.1 Å². The standard InChI is InChI=1S/C14H13N3O3/c1-16-7-10(6-15-16)13-12(14(19)20)5-11-4-9(8-18)2-3-17(11)13/h2-7,18H,8H2,1H3,(H,19,20). The number of carboxylic acid groups (broad SMARTS) is 1. The summed E-state index contributed by atoms with van der Waals surface area (Å²) in [5, 5.41) is 22.6. The Morgan fingerprint density at radius 1 is 1.40 bits per heavy atom. The summed E-state index contributed by atoms with van der Waals surface area (Å²) in [6, 6.07) is 5.13. The summed E-state index contributed by atoms with van der Waals surface area (Å²) in [6.45, 7) is -0.0771. The molecule has 6 nitrogen and oxygen atoms in total. The van der Waals surface area contributed by atoms with Gasteiger partial charge in [-0.25, -0.2) is 4.79 Å². The summed E-state index contributed by atoms with van der Waals surface area (Å²) in [7, 11) is 1.78. The van der Waals surface area contributed by atoms with Gasteiger partial charge >= 0.3 is 5.97 Å². The molecule has 0 amide bonds. The first-order valence-electron chi connectivity index (χ1n) is 6.07. The van der Waals surface area contributed by atoms with Crippen LogP contribution < -0.4 is 0 Å².